The summed E-state index contributed by atoms with van der Waals surface area (Å²) in [6, 6.07) is 16.3. The number of carbonyl (C=O) groups excluding carboxylic acids is 1. The highest BCUT2D eigenvalue weighted by molar-refractivity contribution is 7.98. The van der Waals surface area contributed by atoms with Gasteiger partial charge >= 0.3 is 0 Å². The van der Waals surface area contributed by atoms with E-state index in [4.69, 9.17) is 16.7 Å². The van der Waals surface area contributed by atoms with Gasteiger partial charge in [0.05, 0.1) is 23.2 Å². The van der Waals surface area contributed by atoms with Gasteiger partial charge in [0, 0.05) is 28.9 Å². The Balaban J connectivity index is 1.48. The van der Waals surface area contributed by atoms with Gasteiger partial charge in [0.2, 0.25) is 11.1 Å². The molecule has 170 valence electrons. The van der Waals surface area contributed by atoms with E-state index in [0.29, 0.717) is 44.5 Å². The zero-order valence-corrected chi connectivity index (χ0v) is 19.7. The van der Waals surface area contributed by atoms with Crippen LogP contribution in [-0.4, -0.2) is 30.6 Å². The quantitative estimate of drug-likeness (QED) is 0.370. The summed E-state index contributed by atoms with van der Waals surface area (Å²) in [5, 5.41) is 12.2. The highest BCUT2D eigenvalue weighted by Crippen LogP contribution is 2.36. The molecule has 0 saturated heterocycles. The molecule has 10 heteroatoms. The summed E-state index contributed by atoms with van der Waals surface area (Å²) in [7, 11) is 0. The fourth-order valence-corrected chi connectivity index (χ4v) is 4.81. The number of nitrogens with zero attached hydrogens (tertiary/aromatic N) is 5. The summed E-state index contributed by atoms with van der Waals surface area (Å²) >= 11 is 7.78. The first-order chi connectivity index (χ1) is 16.6. The van der Waals surface area contributed by atoms with Crippen LogP contribution in [0.25, 0.3) is 0 Å². The summed E-state index contributed by atoms with van der Waals surface area (Å²) in [4.78, 5) is 26.6. The lowest BCUT2D eigenvalue weighted by Gasteiger charge is -2.27. The van der Waals surface area contributed by atoms with Gasteiger partial charge in [0.15, 0.2) is 0 Å². The minimum absolute atomic E-state index is 0.264. The average Bonchev–Trinajstić information content (AvgIpc) is 3.26. The molecule has 8 nitrogen and oxygen atoms in total. The van der Waals surface area contributed by atoms with E-state index in [1.165, 1.54) is 11.8 Å². The van der Waals surface area contributed by atoms with Crippen LogP contribution in [0.15, 0.2) is 89.6 Å². The predicted octanol–water partition coefficient (Wildman–Crippen LogP) is 4.94. The Hall–Kier alpha value is -3.69. The minimum atomic E-state index is -0.545. The SMILES string of the molecule is CC1=C(C(=O)Nc2cccnc2)[C@H](c2ccccn2)n2nc(SCc3ccccc3Cl)nc2N1. The highest BCUT2D eigenvalue weighted by Gasteiger charge is 2.35. The average molecular weight is 490 g/mol. The molecule has 2 N–H and O–H groups in total. The van der Waals surface area contributed by atoms with E-state index in [9.17, 15) is 4.79 Å². The third-order valence-corrected chi connectivity index (χ3v) is 6.53. The van der Waals surface area contributed by atoms with Gasteiger partial charge in [0.25, 0.3) is 5.91 Å². The lowest BCUT2D eigenvalue weighted by Crippen LogP contribution is -2.32. The van der Waals surface area contributed by atoms with Gasteiger partial charge in [0.1, 0.15) is 6.04 Å². The number of allylic oxidation sites excluding steroid dienone is 1. The van der Waals surface area contributed by atoms with Crippen molar-refractivity contribution in [2.75, 3.05) is 10.6 Å². The molecule has 0 bridgehead atoms. The molecule has 5 rings (SSSR count). The maximum Gasteiger partial charge on any atom is 0.255 e. The Kier molecular flexibility index (Phi) is 6.29. The lowest BCUT2D eigenvalue weighted by molar-refractivity contribution is -0.113. The smallest absolute Gasteiger partial charge is 0.255 e. The Labute approximate surface area is 205 Å². The van der Waals surface area contributed by atoms with E-state index in [2.05, 4.69) is 25.6 Å². The molecule has 1 atom stereocenters. The molecule has 4 aromatic rings. The monoisotopic (exact) mass is 489 g/mol. The molecule has 1 amide bonds. The molecular formula is C24H20ClN7OS. The lowest BCUT2D eigenvalue weighted by atomic mass is 9.98. The summed E-state index contributed by atoms with van der Waals surface area (Å²) < 4.78 is 1.71. The standard InChI is InChI=1S/C24H20ClN7OS/c1-15-20(22(33)29-17-8-6-11-26-13-17)21(19-10-4-5-12-27-19)32-23(28-15)30-24(31-32)34-14-16-7-2-3-9-18(16)25/h2-13,21H,14H2,1H3,(H,29,33)(H,28,30,31)/t21-/m0/s1. The third-order valence-electron chi connectivity index (χ3n) is 5.28. The molecular weight excluding hydrogens is 470 g/mol. The van der Waals surface area contributed by atoms with Gasteiger partial charge in [-0.05, 0) is 42.8 Å². The molecule has 0 radical (unpaired) electrons. The molecule has 0 unspecified atom stereocenters. The van der Waals surface area contributed by atoms with Crippen molar-refractivity contribution < 1.29 is 4.79 Å². The zero-order valence-electron chi connectivity index (χ0n) is 18.1. The number of nitrogens with one attached hydrogen (secondary N) is 2. The number of amides is 1. The van der Waals surface area contributed by atoms with Crippen molar-refractivity contribution in [3.05, 3.63) is 101 Å². The first kappa shape index (κ1) is 22.1. The summed E-state index contributed by atoms with van der Waals surface area (Å²) in [6.45, 7) is 1.85. The van der Waals surface area contributed by atoms with Gasteiger partial charge in [-0.1, -0.05) is 47.6 Å². The number of pyridine rings is 2. The fraction of sp³-hybridized carbons (Fsp3) is 0.125. The number of hydrogen-bond donors (Lipinski definition) is 2. The van der Waals surface area contributed by atoms with Crippen molar-refractivity contribution in [2.45, 2.75) is 23.9 Å². The number of hydrogen-bond acceptors (Lipinski definition) is 7. The molecule has 0 aliphatic carbocycles. The van der Waals surface area contributed by atoms with Gasteiger partial charge in [-0.2, -0.15) is 4.98 Å². The van der Waals surface area contributed by atoms with E-state index >= 15 is 0 Å². The van der Waals surface area contributed by atoms with Crippen LogP contribution >= 0.6 is 23.4 Å². The van der Waals surface area contributed by atoms with E-state index in [1.807, 2.05) is 49.4 Å². The highest BCUT2D eigenvalue weighted by atomic mass is 35.5. The third kappa shape index (κ3) is 4.52. The largest absolute Gasteiger partial charge is 0.328 e. The first-order valence-corrected chi connectivity index (χ1v) is 11.9. The molecule has 34 heavy (non-hydrogen) atoms. The van der Waals surface area contributed by atoms with E-state index in [0.717, 1.165) is 5.56 Å². The predicted molar refractivity (Wildman–Crippen MR) is 133 cm³/mol. The topological polar surface area (TPSA) is 97.6 Å². The maximum atomic E-state index is 13.4. The van der Waals surface area contributed by atoms with Crippen molar-refractivity contribution in [1.29, 1.82) is 0 Å². The minimum Gasteiger partial charge on any atom is -0.328 e. The number of halogens is 1. The van der Waals surface area contributed by atoms with Gasteiger partial charge in [-0.15, -0.1) is 5.10 Å². The molecule has 0 saturated carbocycles. The van der Waals surface area contributed by atoms with E-state index in [-0.39, 0.29) is 5.91 Å². The van der Waals surface area contributed by atoms with Crippen molar-refractivity contribution >= 4 is 40.9 Å². The Bertz CT molecular complexity index is 1360. The second kappa shape index (κ2) is 9.66. The molecule has 1 aliphatic heterocycles. The number of aromatic nitrogens is 5. The normalized spacial score (nSPS) is 14.9. The number of carbonyl (C=O) groups is 1. The van der Waals surface area contributed by atoms with Crippen LogP contribution in [-0.2, 0) is 10.5 Å². The van der Waals surface area contributed by atoms with E-state index in [1.54, 1.807) is 35.4 Å². The van der Waals surface area contributed by atoms with Gasteiger partial charge in [-0.25, -0.2) is 4.68 Å². The molecule has 0 spiro atoms. The van der Waals surface area contributed by atoms with Crippen molar-refractivity contribution in [3.8, 4) is 0 Å². The number of fused-ring (bicyclic) bond motifs is 1. The number of thioether (sulfide) groups is 1. The summed E-state index contributed by atoms with van der Waals surface area (Å²) in [5.41, 5.74) is 3.48. The zero-order chi connectivity index (χ0) is 23.5. The van der Waals surface area contributed by atoms with Crippen LogP contribution in [0.1, 0.15) is 24.2 Å². The Morgan fingerprint density at radius 1 is 1.15 bits per heavy atom. The van der Waals surface area contributed by atoms with Gasteiger partial charge < -0.3 is 10.6 Å². The summed E-state index contributed by atoms with van der Waals surface area (Å²) in [5.74, 6) is 0.908. The number of anilines is 2. The van der Waals surface area contributed by atoms with Crippen LogP contribution in [0.2, 0.25) is 5.02 Å². The second-order valence-corrected chi connectivity index (χ2v) is 8.91. The van der Waals surface area contributed by atoms with E-state index < -0.39 is 6.04 Å². The molecule has 1 aromatic carbocycles. The first-order valence-electron chi connectivity index (χ1n) is 10.5. The Morgan fingerprint density at radius 3 is 2.76 bits per heavy atom. The molecule has 0 fully saturated rings. The van der Waals surface area contributed by atoms with Crippen molar-refractivity contribution in [3.63, 3.8) is 0 Å². The summed E-state index contributed by atoms with van der Waals surface area (Å²) in [6.07, 6.45) is 4.96. The molecule has 4 heterocycles. The Morgan fingerprint density at radius 2 is 2.00 bits per heavy atom. The van der Waals surface area contributed by atoms with Crippen LogP contribution in [0, 0.1) is 0 Å². The van der Waals surface area contributed by atoms with Crippen LogP contribution < -0.4 is 10.6 Å². The number of rotatable bonds is 6. The van der Waals surface area contributed by atoms with Gasteiger partial charge in [-0.3, -0.25) is 14.8 Å². The van der Waals surface area contributed by atoms with Crippen LogP contribution in [0.3, 0.4) is 0 Å². The van der Waals surface area contributed by atoms with Crippen LogP contribution in [0.5, 0.6) is 0 Å². The second-order valence-electron chi connectivity index (χ2n) is 7.56. The van der Waals surface area contributed by atoms with Crippen LogP contribution in [0.4, 0.5) is 11.6 Å². The maximum absolute atomic E-state index is 13.4. The number of benzene rings is 1. The molecule has 1 aliphatic rings. The van der Waals surface area contributed by atoms with Crippen molar-refractivity contribution in [2.24, 2.45) is 0 Å². The van der Waals surface area contributed by atoms with Crippen molar-refractivity contribution in [1.82, 2.24) is 24.7 Å². The molecule has 3 aromatic heterocycles. The fourth-order valence-electron chi connectivity index (χ4n) is 3.69.